The van der Waals surface area contributed by atoms with E-state index in [4.69, 9.17) is 0 Å². The molecule has 100 valence electrons. The van der Waals surface area contributed by atoms with E-state index in [1.807, 2.05) is 6.92 Å². The highest BCUT2D eigenvalue weighted by atomic mass is 16.3. The third-order valence-corrected chi connectivity index (χ3v) is 2.50. The van der Waals surface area contributed by atoms with Crippen LogP contribution in [0.4, 0.5) is 5.82 Å². The summed E-state index contributed by atoms with van der Waals surface area (Å²) in [4.78, 5) is 11.3. The number of rotatable bonds is 6. The topological polar surface area (TPSA) is 87.1 Å². The van der Waals surface area contributed by atoms with Crippen LogP contribution in [-0.2, 0) is 0 Å². The molecular formula is C12H20N4O2. The highest BCUT2D eigenvalue weighted by Gasteiger charge is 2.08. The highest BCUT2D eigenvalue weighted by molar-refractivity contribution is 5.91. The first kappa shape index (κ1) is 14.4. The number of carbonyl (C=O) groups is 1. The molecule has 0 fully saturated rings. The summed E-state index contributed by atoms with van der Waals surface area (Å²) in [6.07, 6.45) is 0.431. The minimum Gasteiger partial charge on any atom is -0.393 e. The quantitative estimate of drug-likeness (QED) is 0.692. The molecule has 1 aromatic heterocycles. The van der Waals surface area contributed by atoms with E-state index in [0.29, 0.717) is 24.0 Å². The molecule has 18 heavy (non-hydrogen) atoms. The molecule has 0 bridgehead atoms. The van der Waals surface area contributed by atoms with E-state index >= 15 is 0 Å². The molecule has 1 aromatic rings. The van der Waals surface area contributed by atoms with E-state index < -0.39 is 0 Å². The summed E-state index contributed by atoms with van der Waals surface area (Å²) >= 11 is 0. The van der Waals surface area contributed by atoms with Gasteiger partial charge >= 0.3 is 0 Å². The number of aliphatic hydroxyl groups excluding tert-OH is 1. The predicted octanol–water partition coefficient (Wildman–Crippen LogP) is 0.655. The minimum atomic E-state index is -0.302. The Kier molecular flexibility index (Phi) is 5.51. The van der Waals surface area contributed by atoms with Crippen LogP contribution in [0.25, 0.3) is 0 Å². The van der Waals surface area contributed by atoms with Crippen LogP contribution in [0.2, 0.25) is 0 Å². The van der Waals surface area contributed by atoms with Gasteiger partial charge in [-0.05, 0) is 31.4 Å². The van der Waals surface area contributed by atoms with Crippen molar-refractivity contribution in [3.8, 4) is 0 Å². The Labute approximate surface area is 107 Å². The maximum Gasteiger partial charge on any atom is 0.271 e. The second kappa shape index (κ2) is 6.90. The minimum absolute atomic E-state index is 0.253. The molecule has 0 aliphatic carbocycles. The number of nitrogens with zero attached hydrogens (tertiary/aromatic N) is 2. The molecule has 0 aromatic carbocycles. The van der Waals surface area contributed by atoms with Crippen LogP contribution in [0.5, 0.6) is 0 Å². The lowest BCUT2D eigenvalue weighted by Gasteiger charge is -2.14. The van der Waals surface area contributed by atoms with Crippen molar-refractivity contribution in [2.75, 3.05) is 18.9 Å². The first-order valence-corrected chi connectivity index (χ1v) is 6.00. The lowest BCUT2D eigenvalue weighted by Crippen LogP contribution is -2.20. The number of hydrogen-bond acceptors (Lipinski definition) is 5. The lowest BCUT2D eigenvalue weighted by atomic mass is 10.1. The molecule has 1 amide bonds. The SMILES string of the molecule is CNC(=O)c1ccc(NCC(C)CC(C)O)nn1. The maximum atomic E-state index is 11.3. The molecule has 2 unspecified atom stereocenters. The van der Waals surface area contributed by atoms with Gasteiger partial charge in [-0.1, -0.05) is 6.92 Å². The smallest absolute Gasteiger partial charge is 0.271 e. The summed E-state index contributed by atoms with van der Waals surface area (Å²) in [7, 11) is 1.55. The van der Waals surface area contributed by atoms with Crippen LogP contribution in [0, 0.1) is 5.92 Å². The van der Waals surface area contributed by atoms with E-state index in [1.54, 1.807) is 26.1 Å². The summed E-state index contributed by atoms with van der Waals surface area (Å²) in [5, 5.41) is 22.6. The number of aromatic nitrogens is 2. The molecule has 0 spiro atoms. The maximum absolute atomic E-state index is 11.3. The van der Waals surface area contributed by atoms with Crippen LogP contribution in [-0.4, -0.2) is 40.9 Å². The van der Waals surface area contributed by atoms with Crippen molar-refractivity contribution in [1.29, 1.82) is 0 Å². The summed E-state index contributed by atoms with van der Waals surface area (Å²) in [5.74, 6) is 0.710. The second-order valence-corrected chi connectivity index (χ2v) is 4.45. The van der Waals surface area contributed by atoms with E-state index in [0.717, 1.165) is 6.42 Å². The fourth-order valence-corrected chi connectivity index (χ4v) is 1.62. The van der Waals surface area contributed by atoms with Gasteiger partial charge in [-0.25, -0.2) is 0 Å². The standard InChI is InChI=1S/C12H20N4O2/c1-8(6-9(2)17)7-14-11-5-4-10(15-16-11)12(18)13-3/h4-5,8-9,17H,6-7H2,1-3H3,(H,13,18)(H,14,16). The van der Waals surface area contributed by atoms with Gasteiger partial charge in [0.2, 0.25) is 0 Å². The molecule has 0 aliphatic heterocycles. The Morgan fingerprint density at radius 2 is 2.11 bits per heavy atom. The number of amides is 1. The zero-order valence-corrected chi connectivity index (χ0v) is 11.0. The second-order valence-electron chi connectivity index (χ2n) is 4.45. The van der Waals surface area contributed by atoms with Gasteiger partial charge < -0.3 is 15.7 Å². The van der Waals surface area contributed by atoms with Gasteiger partial charge in [0.1, 0.15) is 5.82 Å². The molecule has 0 saturated heterocycles. The average molecular weight is 252 g/mol. The van der Waals surface area contributed by atoms with Crippen LogP contribution >= 0.6 is 0 Å². The molecule has 6 nitrogen and oxygen atoms in total. The van der Waals surface area contributed by atoms with E-state index in [2.05, 4.69) is 20.8 Å². The average Bonchev–Trinajstić information content (AvgIpc) is 2.35. The van der Waals surface area contributed by atoms with Crippen molar-refractivity contribution in [1.82, 2.24) is 15.5 Å². The first-order chi connectivity index (χ1) is 8.52. The highest BCUT2D eigenvalue weighted by Crippen LogP contribution is 2.08. The number of hydrogen-bond donors (Lipinski definition) is 3. The Morgan fingerprint density at radius 1 is 1.39 bits per heavy atom. The molecule has 1 heterocycles. The van der Waals surface area contributed by atoms with Crippen LogP contribution in [0.1, 0.15) is 30.8 Å². The fraction of sp³-hybridized carbons (Fsp3) is 0.583. The molecular weight excluding hydrogens is 232 g/mol. The van der Waals surface area contributed by atoms with E-state index in [1.165, 1.54) is 0 Å². The van der Waals surface area contributed by atoms with E-state index in [9.17, 15) is 9.90 Å². The van der Waals surface area contributed by atoms with Gasteiger partial charge in [0.05, 0.1) is 6.10 Å². The summed E-state index contributed by atoms with van der Waals surface area (Å²) in [5.41, 5.74) is 0.292. The van der Waals surface area contributed by atoms with Crippen molar-refractivity contribution >= 4 is 11.7 Å². The molecule has 3 N–H and O–H groups in total. The Hall–Kier alpha value is -1.69. The van der Waals surface area contributed by atoms with Gasteiger partial charge in [-0.15, -0.1) is 10.2 Å². The van der Waals surface area contributed by atoms with Gasteiger partial charge in [-0.3, -0.25) is 4.79 Å². The van der Waals surface area contributed by atoms with Crippen molar-refractivity contribution in [3.05, 3.63) is 17.8 Å². The van der Waals surface area contributed by atoms with Crippen LogP contribution < -0.4 is 10.6 Å². The number of aliphatic hydroxyl groups is 1. The molecule has 6 heteroatoms. The largest absolute Gasteiger partial charge is 0.393 e. The summed E-state index contributed by atoms with van der Waals surface area (Å²) < 4.78 is 0. The van der Waals surface area contributed by atoms with Gasteiger partial charge in [-0.2, -0.15) is 0 Å². The van der Waals surface area contributed by atoms with Crippen LogP contribution in [0.3, 0.4) is 0 Å². The summed E-state index contributed by atoms with van der Waals surface area (Å²) in [6.45, 7) is 4.53. The van der Waals surface area contributed by atoms with Crippen molar-refractivity contribution in [3.63, 3.8) is 0 Å². The van der Waals surface area contributed by atoms with Crippen LogP contribution in [0.15, 0.2) is 12.1 Å². The zero-order chi connectivity index (χ0) is 13.5. The summed E-state index contributed by atoms with van der Waals surface area (Å²) in [6, 6.07) is 3.33. The third kappa shape index (κ3) is 4.67. The number of nitrogens with one attached hydrogen (secondary N) is 2. The van der Waals surface area contributed by atoms with Gasteiger partial charge in [0.25, 0.3) is 5.91 Å². The normalized spacial score (nSPS) is 13.8. The monoisotopic (exact) mass is 252 g/mol. The third-order valence-electron chi connectivity index (χ3n) is 2.50. The predicted molar refractivity (Wildman–Crippen MR) is 69.4 cm³/mol. The van der Waals surface area contributed by atoms with Gasteiger partial charge in [0.15, 0.2) is 5.69 Å². The fourth-order valence-electron chi connectivity index (χ4n) is 1.62. The Balaban J connectivity index is 2.46. The van der Waals surface area contributed by atoms with Crippen molar-refractivity contribution in [2.45, 2.75) is 26.4 Å². The number of carbonyl (C=O) groups excluding carboxylic acids is 1. The van der Waals surface area contributed by atoms with Gasteiger partial charge in [0, 0.05) is 13.6 Å². The molecule has 2 atom stereocenters. The zero-order valence-electron chi connectivity index (χ0n) is 11.0. The first-order valence-electron chi connectivity index (χ1n) is 6.00. The number of anilines is 1. The Bertz CT molecular complexity index is 378. The molecule has 0 aliphatic rings. The van der Waals surface area contributed by atoms with Crippen molar-refractivity contribution in [2.24, 2.45) is 5.92 Å². The lowest BCUT2D eigenvalue weighted by molar-refractivity contribution is 0.0957. The van der Waals surface area contributed by atoms with Crippen molar-refractivity contribution < 1.29 is 9.90 Å². The molecule has 1 rings (SSSR count). The molecule has 0 saturated carbocycles. The van der Waals surface area contributed by atoms with E-state index in [-0.39, 0.29) is 12.0 Å². The molecule has 0 radical (unpaired) electrons. The Morgan fingerprint density at radius 3 is 2.61 bits per heavy atom.